The minimum absolute atomic E-state index is 0.117. The molecule has 8 heteroatoms. The van der Waals surface area contributed by atoms with Gasteiger partial charge in [0.25, 0.3) is 0 Å². The van der Waals surface area contributed by atoms with Crippen LogP contribution < -0.4 is 10.6 Å². The smallest absolute Gasteiger partial charge is 0.224 e. The number of amides is 1. The molecule has 1 saturated heterocycles. The first-order valence-corrected chi connectivity index (χ1v) is 10.4. The average Bonchev–Trinajstić information content (AvgIpc) is 2.96. The minimum Gasteiger partial charge on any atom is -0.380 e. The van der Waals surface area contributed by atoms with E-state index in [1.54, 1.807) is 6.07 Å². The monoisotopic (exact) mass is 422 g/mol. The van der Waals surface area contributed by atoms with Crippen LogP contribution in [-0.2, 0) is 29.0 Å². The summed E-state index contributed by atoms with van der Waals surface area (Å²) in [5, 5.41) is 11.3. The lowest BCUT2D eigenvalue weighted by Crippen LogP contribution is -2.38. The third-order valence-corrected chi connectivity index (χ3v) is 5.63. The van der Waals surface area contributed by atoms with E-state index >= 15 is 0 Å². The standard InChI is InChI=1S/C21H28ClFN4O2/c1-14-19(11-21(28)25-12-16-5-6-17(23)10-20(16)22)15(2)27(26-14)8-7-24-18-4-3-9-29-13-18/h5-6,10,18,24H,3-4,7-9,11-13H2,1-2H3,(H,25,28). The van der Waals surface area contributed by atoms with Crippen molar-refractivity contribution in [1.82, 2.24) is 20.4 Å². The van der Waals surface area contributed by atoms with Crippen molar-refractivity contribution in [1.29, 1.82) is 0 Å². The molecule has 1 fully saturated rings. The molecule has 6 nitrogen and oxygen atoms in total. The third-order valence-electron chi connectivity index (χ3n) is 5.28. The summed E-state index contributed by atoms with van der Waals surface area (Å²) in [4.78, 5) is 12.4. The number of nitrogens with zero attached hydrogens (tertiary/aromatic N) is 2. The molecule has 0 saturated carbocycles. The molecular formula is C21H28ClFN4O2. The molecule has 0 spiro atoms. The van der Waals surface area contributed by atoms with Crippen LogP contribution in [-0.4, -0.2) is 41.5 Å². The Hall–Kier alpha value is -1.96. The van der Waals surface area contributed by atoms with Gasteiger partial charge in [-0.05, 0) is 44.4 Å². The molecule has 1 amide bonds. The zero-order valence-electron chi connectivity index (χ0n) is 16.9. The van der Waals surface area contributed by atoms with E-state index in [2.05, 4.69) is 15.7 Å². The summed E-state index contributed by atoms with van der Waals surface area (Å²) in [5.41, 5.74) is 3.48. The van der Waals surface area contributed by atoms with Gasteiger partial charge in [-0.25, -0.2) is 4.39 Å². The lowest BCUT2D eigenvalue weighted by molar-refractivity contribution is -0.120. The van der Waals surface area contributed by atoms with Gasteiger partial charge in [-0.2, -0.15) is 5.10 Å². The SMILES string of the molecule is Cc1nn(CCNC2CCCOC2)c(C)c1CC(=O)NCc1ccc(F)cc1Cl. The Balaban J connectivity index is 1.51. The molecule has 3 rings (SSSR count). The molecule has 1 atom stereocenters. The Bertz CT molecular complexity index is 849. The molecule has 1 unspecified atom stereocenters. The number of benzene rings is 1. The molecule has 0 aliphatic carbocycles. The molecule has 1 aromatic carbocycles. The van der Waals surface area contributed by atoms with Crippen LogP contribution in [0.5, 0.6) is 0 Å². The molecule has 2 aromatic rings. The molecule has 1 aliphatic rings. The number of carbonyl (C=O) groups excluding carboxylic acids is 1. The molecule has 29 heavy (non-hydrogen) atoms. The van der Waals surface area contributed by atoms with Gasteiger partial charge < -0.3 is 15.4 Å². The van der Waals surface area contributed by atoms with Crippen LogP contribution >= 0.6 is 11.6 Å². The summed E-state index contributed by atoms with van der Waals surface area (Å²) in [6.45, 7) is 7.35. The molecule has 0 bridgehead atoms. The number of aryl methyl sites for hydroxylation is 1. The van der Waals surface area contributed by atoms with Gasteiger partial charge in [-0.3, -0.25) is 9.48 Å². The largest absolute Gasteiger partial charge is 0.380 e. The summed E-state index contributed by atoms with van der Waals surface area (Å²) in [6, 6.07) is 4.56. The average molecular weight is 423 g/mol. The fourth-order valence-electron chi connectivity index (χ4n) is 3.57. The number of aromatic nitrogens is 2. The first-order valence-electron chi connectivity index (χ1n) is 9.98. The first-order chi connectivity index (χ1) is 13.9. The normalized spacial score (nSPS) is 16.8. The van der Waals surface area contributed by atoms with Crippen molar-refractivity contribution < 1.29 is 13.9 Å². The minimum atomic E-state index is -0.394. The number of rotatable bonds is 8. The van der Waals surface area contributed by atoms with Crippen molar-refractivity contribution in [2.45, 2.75) is 52.2 Å². The van der Waals surface area contributed by atoms with Gasteiger partial charge in [0.1, 0.15) is 5.82 Å². The van der Waals surface area contributed by atoms with Gasteiger partial charge in [0.05, 0.1) is 25.3 Å². The van der Waals surface area contributed by atoms with Gasteiger partial charge in [-0.15, -0.1) is 0 Å². The van der Waals surface area contributed by atoms with Gasteiger partial charge >= 0.3 is 0 Å². The van der Waals surface area contributed by atoms with E-state index in [4.69, 9.17) is 16.3 Å². The van der Waals surface area contributed by atoms with Crippen LogP contribution in [0.2, 0.25) is 5.02 Å². The first kappa shape index (κ1) is 21.7. The zero-order valence-corrected chi connectivity index (χ0v) is 17.7. The van der Waals surface area contributed by atoms with E-state index in [-0.39, 0.29) is 18.9 Å². The number of ether oxygens (including phenoxy) is 1. The number of carbonyl (C=O) groups is 1. The predicted octanol–water partition coefficient (Wildman–Crippen LogP) is 2.92. The van der Waals surface area contributed by atoms with E-state index in [1.807, 2.05) is 18.5 Å². The van der Waals surface area contributed by atoms with E-state index in [0.717, 1.165) is 56.1 Å². The highest BCUT2D eigenvalue weighted by Crippen LogP contribution is 2.18. The zero-order chi connectivity index (χ0) is 20.8. The molecule has 1 aromatic heterocycles. The lowest BCUT2D eigenvalue weighted by atomic mass is 10.1. The van der Waals surface area contributed by atoms with Crippen molar-refractivity contribution >= 4 is 17.5 Å². The Kier molecular flexibility index (Phi) is 7.64. The number of halogens is 2. The highest BCUT2D eigenvalue weighted by atomic mass is 35.5. The van der Waals surface area contributed by atoms with Crippen molar-refractivity contribution in [2.24, 2.45) is 0 Å². The highest BCUT2D eigenvalue weighted by molar-refractivity contribution is 6.31. The van der Waals surface area contributed by atoms with Crippen LogP contribution in [0.25, 0.3) is 0 Å². The lowest BCUT2D eigenvalue weighted by Gasteiger charge is -2.23. The fourth-order valence-corrected chi connectivity index (χ4v) is 3.80. The van der Waals surface area contributed by atoms with E-state index in [9.17, 15) is 9.18 Å². The maximum Gasteiger partial charge on any atom is 0.224 e. The molecule has 1 aliphatic heterocycles. The summed E-state index contributed by atoms with van der Waals surface area (Å²) in [7, 11) is 0. The second-order valence-corrected chi connectivity index (χ2v) is 7.84. The van der Waals surface area contributed by atoms with Crippen LogP contribution in [0, 0.1) is 19.7 Å². The topological polar surface area (TPSA) is 68.2 Å². The van der Waals surface area contributed by atoms with E-state index < -0.39 is 5.82 Å². The maximum absolute atomic E-state index is 13.1. The second-order valence-electron chi connectivity index (χ2n) is 7.43. The summed E-state index contributed by atoms with van der Waals surface area (Å²) < 4.78 is 20.6. The Morgan fingerprint density at radius 1 is 1.41 bits per heavy atom. The quantitative estimate of drug-likeness (QED) is 0.686. The molecule has 158 valence electrons. The number of hydrogen-bond acceptors (Lipinski definition) is 4. The fraction of sp³-hybridized carbons (Fsp3) is 0.524. The Labute approximate surface area is 175 Å². The maximum atomic E-state index is 13.1. The third kappa shape index (κ3) is 6.01. The van der Waals surface area contributed by atoms with E-state index in [1.165, 1.54) is 12.1 Å². The summed E-state index contributed by atoms with van der Waals surface area (Å²) in [6.07, 6.45) is 2.49. The van der Waals surface area contributed by atoms with Crippen LogP contribution in [0.15, 0.2) is 18.2 Å². The van der Waals surface area contributed by atoms with E-state index in [0.29, 0.717) is 16.6 Å². The van der Waals surface area contributed by atoms with Gasteiger partial charge in [-0.1, -0.05) is 17.7 Å². The van der Waals surface area contributed by atoms with Gasteiger partial charge in [0.15, 0.2) is 0 Å². The molecule has 2 heterocycles. The summed E-state index contributed by atoms with van der Waals surface area (Å²) >= 11 is 6.01. The number of nitrogens with one attached hydrogen (secondary N) is 2. The van der Waals surface area contributed by atoms with Crippen molar-refractivity contribution in [3.63, 3.8) is 0 Å². The Morgan fingerprint density at radius 3 is 2.97 bits per heavy atom. The van der Waals surface area contributed by atoms with Gasteiger partial charge in [0.2, 0.25) is 5.91 Å². The van der Waals surface area contributed by atoms with Crippen LogP contribution in [0.4, 0.5) is 4.39 Å². The van der Waals surface area contributed by atoms with Crippen molar-refractivity contribution in [3.05, 3.63) is 51.6 Å². The molecule has 0 radical (unpaired) electrons. The van der Waals surface area contributed by atoms with Crippen LogP contribution in [0.1, 0.15) is 35.4 Å². The second kappa shape index (κ2) is 10.2. The van der Waals surface area contributed by atoms with Crippen LogP contribution in [0.3, 0.4) is 0 Å². The highest BCUT2D eigenvalue weighted by Gasteiger charge is 2.16. The molecule has 2 N–H and O–H groups in total. The summed E-state index contributed by atoms with van der Waals surface area (Å²) in [5.74, 6) is -0.511. The van der Waals surface area contributed by atoms with Crippen molar-refractivity contribution in [3.8, 4) is 0 Å². The Morgan fingerprint density at radius 2 is 2.24 bits per heavy atom. The van der Waals surface area contributed by atoms with Crippen molar-refractivity contribution in [2.75, 3.05) is 19.8 Å². The number of hydrogen-bond donors (Lipinski definition) is 2. The van der Waals surface area contributed by atoms with Gasteiger partial charge in [0, 0.05) is 42.0 Å². The molecular weight excluding hydrogens is 395 g/mol. The predicted molar refractivity (Wildman–Crippen MR) is 111 cm³/mol.